The Morgan fingerprint density at radius 3 is 2.62 bits per heavy atom. The topological polar surface area (TPSA) is 81.2 Å². The van der Waals surface area contributed by atoms with Crippen molar-refractivity contribution in [1.82, 2.24) is 19.6 Å². The van der Waals surface area contributed by atoms with E-state index in [-0.39, 0.29) is 47.5 Å². The lowest BCUT2D eigenvalue weighted by molar-refractivity contribution is -0.157. The van der Waals surface area contributed by atoms with Crippen LogP contribution in [-0.4, -0.2) is 93.1 Å². The van der Waals surface area contributed by atoms with Crippen molar-refractivity contribution in [1.29, 1.82) is 0 Å². The first-order valence-electron chi connectivity index (χ1n) is 15.5. The highest BCUT2D eigenvalue weighted by Gasteiger charge is 2.57. The molecule has 5 aliphatic rings. The molecule has 0 aromatic heterocycles. The molecule has 1 spiro atoms. The third kappa shape index (κ3) is 4.57. The lowest BCUT2D eigenvalue weighted by Crippen LogP contribution is -2.64. The lowest BCUT2D eigenvalue weighted by Gasteiger charge is -2.45. The van der Waals surface area contributed by atoms with Gasteiger partial charge in [-0.3, -0.25) is 19.2 Å². The molecule has 5 aliphatic heterocycles. The van der Waals surface area contributed by atoms with E-state index in [9.17, 15) is 19.2 Å². The summed E-state index contributed by atoms with van der Waals surface area (Å²) in [6.45, 7) is 4.95. The quantitative estimate of drug-likeness (QED) is 0.487. The van der Waals surface area contributed by atoms with Crippen LogP contribution in [0.3, 0.4) is 0 Å². The third-order valence-electron chi connectivity index (χ3n) is 10.3. The third-order valence-corrected chi connectivity index (χ3v) is 10.7. The number of hydrogen-bond donors (Lipinski definition) is 0. The number of carbonyl (C=O) groups excluding carboxylic acids is 4. The molecule has 0 N–H and O–H groups in total. The molecule has 42 heavy (non-hydrogen) atoms. The van der Waals surface area contributed by atoms with Crippen LogP contribution in [0.2, 0.25) is 5.02 Å². The van der Waals surface area contributed by atoms with E-state index in [1.807, 2.05) is 50.4 Å². The van der Waals surface area contributed by atoms with E-state index >= 15 is 0 Å². The summed E-state index contributed by atoms with van der Waals surface area (Å²) in [5.74, 6) is -0.765. The Morgan fingerprint density at radius 2 is 1.86 bits per heavy atom. The maximum atomic E-state index is 14.4. The fourth-order valence-corrected chi connectivity index (χ4v) is 8.19. The largest absolute Gasteiger partial charge is 0.338 e. The van der Waals surface area contributed by atoms with Gasteiger partial charge < -0.3 is 19.6 Å². The van der Waals surface area contributed by atoms with Gasteiger partial charge in [-0.25, -0.2) is 0 Å². The van der Waals surface area contributed by atoms with Gasteiger partial charge in [-0.05, 0) is 56.6 Å². The monoisotopic (exact) mass is 592 g/mol. The molecule has 7 atom stereocenters. The molecule has 3 fully saturated rings. The van der Waals surface area contributed by atoms with Gasteiger partial charge >= 0.3 is 0 Å². The number of benzene rings is 1. The predicted molar refractivity (Wildman–Crippen MR) is 160 cm³/mol. The summed E-state index contributed by atoms with van der Waals surface area (Å²) in [5, 5.41) is 0.631. The van der Waals surface area contributed by atoms with Gasteiger partial charge in [0, 0.05) is 43.0 Å². The highest BCUT2D eigenvalue weighted by molar-refractivity contribution is 6.31. The average molecular weight is 593 g/mol. The van der Waals surface area contributed by atoms with E-state index in [0.717, 1.165) is 24.8 Å². The van der Waals surface area contributed by atoms with Crippen LogP contribution in [-0.2, 0) is 25.6 Å². The van der Waals surface area contributed by atoms with E-state index in [1.165, 1.54) is 0 Å². The first-order chi connectivity index (χ1) is 20.2. The van der Waals surface area contributed by atoms with Crippen LogP contribution in [0.4, 0.5) is 0 Å². The second-order valence-electron chi connectivity index (χ2n) is 12.7. The molecule has 1 unspecified atom stereocenters. The Hall–Kier alpha value is -3.13. The van der Waals surface area contributed by atoms with Crippen LogP contribution in [0.15, 0.2) is 48.6 Å². The van der Waals surface area contributed by atoms with E-state index in [4.69, 9.17) is 11.6 Å². The van der Waals surface area contributed by atoms with Crippen molar-refractivity contribution in [3.8, 4) is 0 Å². The SMILES string of the molecule is CC[C@@H]1C=C[C@H]2CCN(C(=O)[C@@H]3CC[C@H]4C=C[C@]5(CCCN5C(=O)C(C)Cc5ccccc5Cl)C(=O)N43)[C@@H]2C(=O)N1C. The van der Waals surface area contributed by atoms with Crippen molar-refractivity contribution in [2.24, 2.45) is 11.8 Å². The first-order valence-corrected chi connectivity index (χ1v) is 15.9. The zero-order valence-electron chi connectivity index (χ0n) is 24.7. The van der Waals surface area contributed by atoms with Gasteiger partial charge in [0.15, 0.2) is 0 Å². The summed E-state index contributed by atoms with van der Waals surface area (Å²) in [6, 6.07) is 6.22. The summed E-state index contributed by atoms with van der Waals surface area (Å²) in [6.07, 6.45) is 12.7. The van der Waals surface area contributed by atoms with Crippen molar-refractivity contribution >= 4 is 35.2 Å². The molecule has 0 aliphatic carbocycles. The van der Waals surface area contributed by atoms with Gasteiger partial charge in [-0.1, -0.05) is 68.0 Å². The van der Waals surface area contributed by atoms with E-state index in [1.54, 1.807) is 19.6 Å². The number of likely N-dealkylation sites (N-methyl/N-ethyl adjacent to an activating group) is 1. The number of amides is 4. The summed E-state index contributed by atoms with van der Waals surface area (Å²) in [7, 11) is 1.82. The van der Waals surface area contributed by atoms with E-state index < -0.39 is 17.6 Å². The Kier molecular flexibility index (Phi) is 7.71. The van der Waals surface area contributed by atoms with Crippen molar-refractivity contribution in [2.75, 3.05) is 20.1 Å². The summed E-state index contributed by atoms with van der Waals surface area (Å²) in [4.78, 5) is 63.1. The highest BCUT2D eigenvalue weighted by atomic mass is 35.5. The number of likely N-dealkylation sites (tertiary alicyclic amines) is 2. The predicted octanol–water partition coefficient (Wildman–Crippen LogP) is 3.83. The minimum atomic E-state index is -1.08. The smallest absolute Gasteiger partial charge is 0.253 e. The van der Waals surface area contributed by atoms with Crippen LogP contribution in [0.5, 0.6) is 0 Å². The van der Waals surface area contributed by atoms with Crippen LogP contribution in [0.25, 0.3) is 0 Å². The van der Waals surface area contributed by atoms with Gasteiger partial charge in [0.05, 0.1) is 6.04 Å². The van der Waals surface area contributed by atoms with Crippen molar-refractivity contribution in [2.45, 2.75) is 88.5 Å². The van der Waals surface area contributed by atoms with Crippen molar-refractivity contribution in [3.63, 3.8) is 0 Å². The normalized spacial score (nSPS) is 32.9. The molecule has 4 amide bonds. The molecule has 1 aromatic rings. The Bertz CT molecular complexity index is 1340. The Morgan fingerprint density at radius 1 is 1.07 bits per heavy atom. The van der Waals surface area contributed by atoms with Gasteiger partial charge in [0.2, 0.25) is 17.7 Å². The van der Waals surface area contributed by atoms with Gasteiger partial charge in [0.25, 0.3) is 5.91 Å². The number of halogens is 1. The van der Waals surface area contributed by atoms with Crippen LogP contribution in [0.1, 0.15) is 57.9 Å². The van der Waals surface area contributed by atoms with Gasteiger partial charge in [-0.15, -0.1) is 0 Å². The van der Waals surface area contributed by atoms with Crippen LogP contribution >= 0.6 is 11.6 Å². The minimum absolute atomic E-state index is 0.0107. The Balaban J connectivity index is 1.23. The molecular weight excluding hydrogens is 552 g/mol. The molecule has 8 nitrogen and oxygen atoms in total. The second kappa shape index (κ2) is 11.2. The zero-order chi connectivity index (χ0) is 29.8. The van der Waals surface area contributed by atoms with Crippen molar-refractivity contribution in [3.05, 3.63) is 59.2 Å². The standard InChI is InChI=1S/C33H41ClN4O4/c1-4-24-11-10-22-15-19-36(28(22)31(41)35(24)3)30(40)27-13-12-25-14-17-33(32(42)38(25)27)16-7-18-37(33)29(39)21(2)20-23-8-5-6-9-26(23)34/h5-6,8-11,14,17,21-22,24-25,27-28H,4,7,12-13,15-16,18-20H2,1-3H3/t21?,22-,24+,25-,27-,28-,33+/m0/s1. The van der Waals surface area contributed by atoms with Gasteiger partial charge in [0.1, 0.15) is 17.6 Å². The summed E-state index contributed by atoms with van der Waals surface area (Å²) in [5.41, 5.74) is -0.166. The summed E-state index contributed by atoms with van der Waals surface area (Å²) < 4.78 is 0. The lowest BCUT2D eigenvalue weighted by atomic mass is 9.87. The highest BCUT2D eigenvalue weighted by Crippen LogP contribution is 2.43. The molecule has 224 valence electrons. The van der Waals surface area contributed by atoms with E-state index in [2.05, 4.69) is 19.1 Å². The molecule has 1 aromatic carbocycles. The number of rotatable bonds is 5. The zero-order valence-corrected chi connectivity index (χ0v) is 25.5. The molecular formula is C33H41ClN4O4. The number of fused-ring (bicyclic) bond motifs is 2. The maximum Gasteiger partial charge on any atom is 0.253 e. The fraction of sp³-hybridized carbons (Fsp3) is 0.576. The fourth-order valence-electron chi connectivity index (χ4n) is 7.97. The molecule has 0 bridgehead atoms. The number of carbonyl (C=O) groups is 4. The molecule has 6 rings (SSSR count). The minimum Gasteiger partial charge on any atom is -0.338 e. The molecule has 0 radical (unpaired) electrons. The number of nitrogens with zero attached hydrogens (tertiary/aromatic N) is 4. The summed E-state index contributed by atoms with van der Waals surface area (Å²) >= 11 is 6.38. The first kappa shape index (κ1) is 29.0. The average Bonchev–Trinajstić information content (AvgIpc) is 3.71. The van der Waals surface area contributed by atoms with Crippen LogP contribution in [0, 0.1) is 11.8 Å². The maximum absolute atomic E-state index is 14.4. The van der Waals surface area contributed by atoms with Crippen LogP contribution < -0.4 is 0 Å². The number of hydrogen-bond acceptors (Lipinski definition) is 4. The molecule has 0 saturated carbocycles. The Labute approximate surface area is 253 Å². The molecule has 5 heterocycles. The second-order valence-corrected chi connectivity index (χ2v) is 13.1. The van der Waals surface area contributed by atoms with Gasteiger partial charge in [-0.2, -0.15) is 0 Å². The molecule has 9 heteroatoms. The van der Waals surface area contributed by atoms with E-state index in [0.29, 0.717) is 43.8 Å². The molecule has 3 saturated heterocycles. The van der Waals surface area contributed by atoms with Crippen molar-refractivity contribution < 1.29 is 19.2 Å².